The summed E-state index contributed by atoms with van der Waals surface area (Å²) in [5.74, 6) is 0.121. The Morgan fingerprint density at radius 3 is 2.23 bits per heavy atom. The van der Waals surface area contributed by atoms with Crippen molar-refractivity contribution < 1.29 is 14.3 Å². The molecule has 1 atom stereocenters. The van der Waals surface area contributed by atoms with Crippen molar-refractivity contribution in [2.75, 3.05) is 6.61 Å². The smallest absolute Gasteiger partial charge is 0.261 e. The van der Waals surface area contributed by atoms with Crippen molar-refractivity contribution >= 4 is 38.5 Å². The number of aryl methyl sites for hydroxylation is 1. The van der Waals surface area contributed by atoms with Crippen molar-refractivity contribution in [3.05, 3.63) is 112 Å². The number of rotatable bonds is 9. The molecule has 4 aromatic carbocycles. The Morgan fingerprint density at radius 2 is 1.54 bits per heavy atom. The molecule has 0 saturated heterocycles. The highest BCUT2D eigenvalue weighted by Crippen LogP contribution is 2.33. The Morgan fingerprint density at radius 1 is 0.872 bits per heavy atom. The van der Waals surface area contributed by atoms with Gasteiger partial charge in [-0.15, -0.1) is 0 Å². The molecule has 0 radical (unpaired) electrons. The monoisotopic (exact) mass is 586 g/mol. The second-order valence-corrected chi connectivity index (χ2v) is 11.6. The molecule has 0 aliphatic heterocycles. The van der Waals surface area contributed by atoms with Crippen molar-refractivity contribution in [2.45, 2.75) is 52.2 Å². The van der Waals surface area contributed by atoms with Crippen LogP contribution in [0, 0.1) is 6.92 Å². The third kappa shape index (κ3) is 7.70. The Bertz CT molecular complexity index is 1430. The van der Waals surface area contributed by atoms with E-state index in [-0.39, 0.29) is 25.0 Å². The molecular weight excluding hydrogens is 552 g/mol. The van der Waals surface area contributed by atoms with E-state index >= 15 is 0 Å². The second kappa shape index (κ2) is 12.5. The molecule has 1 N–H and O–H groups in total. The van der Waals surface area contributed by atoms with Crippen LogP contribution in [0.2, 0.25) is 0 Å². The molecule has 4 aromatic rings. The van der Waals surface area contributed by atoms with E-state index in [1.54, 1.807) is 4.90 Å². The predicted molar refractivity (Wildman–Crippen MR) is 161 cm³/mol. The van der Waals surface area contributed by atoms with Gasteiger partial charge in [0.2, 0.25) is 5.91 Å². The van der Waals surface area contributed by atoms with E-state index in [0.717, 1.165) is 31.9 Å². The topological polar surface area (TPSA) is 58.6 Å². The maximum atomic E-state index is 13.9. The molecule has 2 amide bonds. The molecule has 0 aliphatic carbocycles. The lowest BCUT2D eigenvalue weighted by atomic mass is 10.0. The van der Waals surface area contributed by atoms with Crippen LogP contribution in [0.1, 0.15) is 37.5 Å². The van der Waals surface area contributed by atoms with E-state index in [4.69, 9.17) is 4.74 Å². The van der Waals surface area contributed by atoms with Crippen molar-refractivity contribution in [1.29, 1.82) is 0 Å². The number of hydrogen-bond donors (Lipinski definition) is 1. The van der Waals surface area contributed by atoms with Gasteiger partial charge < -0.3 is 15.0 Å². The first-order valence-electron chi connectivity index (χ1n) is 13.1. The number of fused-ring (bicyclic) bond motifs is 1. The van der Waals surface area contributed by atoms with Crippen LogP contribution >= 0.6 is 15.9 Å². The summed E-state index contributed by atoms with van der Waals surface area (Å²) in [7, 11) is 0. The number of carbonyl (C=O) groups is 2. The number of carbonyl (C=O) groups excluding carboxylic acids is 2. The van der Waals surface area contributed by atoms with Gasteiger partial charge in [0.25, 0.3) is 5.91 Å². The molecule has 39 heavy (non-hydrogen) atoms. The number of nitrogens with zero attached hydrogens (tertiary/aromatic N) is 1. The molecule has 0 aromatic heterocycles. The molecule has 0 aliphatic rings. The number of benzene rings is 4. The largest absolute Gasteiger partial charge is 0.483 e. The molecular formula is C33H35BrN2O3. The summed E-state index contributed by atoms with van der Waals surface area (Å²) in [5, 5.41) is 5.17. The van der Waals surface area contributed by atoms with Gasteiger partial charge in [-0.3, -0.25) is 9.59 Å². The molecule has 0 heterocycles. The first-order chi connectivity index (χ1) is 18.6. The van der Waals surface area contributed by atoms with Gasteiger partial charge in [0.05, 0.1) is 4.47 Å². The van der Waals surface area contributed by atoms with E-state index in [1.807, 2.05) is 119 Å². The highest BCUT2D eigenvalue weighted by molar-refractivity contribution is 9.10. The summed E-state index contributed by atoms with van der Waals surface area (Å²) in [6.07, 6.45) is 0.389. The van der Waals surface area contributed by atoms with E-state index in [0.29, 0.717) is 12.2 Å². The van der Waals surface area contributed by atoms with Crippen LogP contribution < -0.4 is 10.1 Å². The minimum absolute atomic E-state index is 0.196. The quantitative estimate of drug-likeness (QED) is 0.233. The summed E-state index contributed by atoms with van der Waals surface area (Å²) in [6, 6.07) is 28.9. The number of halogens is 1. The molecule has 0 spiro atoms. The zero-order valence-corrected chi connectivity index (χ0v) is 24.5. The molecule has 0 unspecified atom stereocenters. The molecule has 6 heteroatoms. The molecule has 5 nitrogen and oxygen atoms in total. The molecule has 4 rings (SSSR count). The summed E-state index contributed by atoms with van der Waals surface area (Å²) >= 11 is 3.64. The number of nitrogens with one attached hydrogen (secondary N) is 1. The van der Waals surface area contributed by atoms with Gasteiger partial charge >= 0.3 is 0 Å². The minimum atomic E-state index is -0.718. The molecule has 0 saturated carbocycles. The fourth-order valence-corrected chi connectivity index (χ4v) is 5.05. The van der Waals surface area contributed by atoms with Crippen LogP contribution in [0.15, 0.2) is 95.5 Å². The van der Waals surface area contributed by atoms with E-state index in [9.17, 15) is 9.59 Å². The first kappa shape index (κ1) is 28.4. The van der Waals surface area contributed by atoms with Crippen LogP contribution in [-0.2, 0) is 22.6 Å². The maximum absolute atomic E-state index is 13.9. The predicted octanol–water partition coefficient (Wildman–Crippen LogP) is 6.84. The van der Waals surface area contributed by atoms with E-state index < -0.39 is 11.6 Å². The van der Waals surface area contributed by atoms with Crippen molar-refractivity contribution in [3.63, 3.8) is 0 Å². The van der Waals surface area contributed by atoms with Crippen molar-refractivity contribution in [3.8, 4) is 5.75 Å². The van der Waals surface area contributed by atoms with E-state index in [2.05, 4.69) is 21.2 Å². The fraction of sp³-hybridized carbons (Fsp3) is 0.273. The Kier molecular flexibility index (Phi) is 9.08. The second-order valence-electron chi connectivity index (χ2n) is 10.8. The van der Waals surface area contributed by atoms with Gasteiger partial charge in [0.1, 0.15) is 11.8 Å². The summed E-state index contributed by atoms with van der Waals surface area (Å²) < 4.78 is 6.85. The first-order valence-corrected chi connectivity index (χ1v) is 13.9. The van der Waals surface area contributed by atoms with Crippen molar-refractivity contribution in [2.24, 2.45) is 0 Å². The van der Waals surface area contributed by atoms with Gasteiger partial charge in [0.15, 0.2) is 6.61 Å². The highest BCUT2D eigenvalue weighted by Gasteiger charge is 2.32. The summed E-state index contributed by atoms with van der Waals surface area (Å²) in [5.41, 5.74) is 2.61. The van der Waals surface area contributed by atoms with Crippen molar-refractivity contribution in [1.82, 2.24) is 10.2 Å². The van der Waals surface area contributed by atoms with Crippen LogP contribution in [0.3, 0.4) is 0 Å². The lowest BCUT2D eigenvalue weighted by molar-refractivity contribution is -0.143. The SMILES string of the molecule is Cc1ccc(CN(C(=O)COc2ccc3ccccc3c2Br)[C@@H](Cc2ccccc2)C(=O)NC(C)(C)C)cc1. The molecule has 202 valence electrons. The molecule has 0 bridgehead atoms. The third-order valence-corrected chi connectivity index (χ3v) is 7.24. The van der Waals surface area contributed by atoms with E-state index in [1.165, 1.54) is 0 Å². The number of ether oxygens (including phenoxy) is 1. The third-order valence-electron chi connectivity index (χ3n) is 6.42. The standard InChI is InChI=1S/C33H35BrN2O3/c1-23-14-16-25(17-15-23)21-36(28(32(38)35-33(2,3)4)20-24-10-6-5-7-11-24)30(37)22-39-29-19-18-26-12-8-9-13-27(26)31(29)34/h5-19,28H,20-22H2,1-4H3,(H,35,38)/t28-/m0/s1. The Hall–Kier alpha value is -3.64. The van der Waals surface area contributed by atoms with Gasteiger partial charge in [-0.2, -0.15) is 0 Å². The Balaban J connectivity index is 1.65. The maximum Gasteiger partial charge on any atom is 0.261 e. The Labute approximate surface area is 239 Å². The van der Waals surface area contributed by atoms with Gasteiger partial charge in [-0.05, 0) is 71.6 Å². The summed E-state index contributed by atoms with van der Waals surface area (Å²) in [4.78, 5) is 29.2. The van der Waals surface area contributed by atoms with Crippen LogP contribution in [0.25, 0.3) is 10.8 Å². The fourth-order valence-electron chi connectivity index (χ4n) is 4.44. The number of hydrogen-bond acceptors (Lipinski definition) is 3. The van der Waals surface area contributed by atoms with Crippen LogP contribution in [0.4, 0.5) is 0 Å². The lowest BCUT2D eigenvalue weighted by Crippen LogP contribution is -2.55. The van der Waals surface area contributed by atoms with Crippen LogP contribution in [0.5, 0.6) is 5.75 Å². The van der Waals surface area contributed by atoms with Crippen LogP contribution in [-0.4, -0.2) is 34.9 Å². The zero-order chi connectivity index (χ0) is 28.0. The van der Waals surface area contributed by atoms with Gasteiger partial charge in [0, 0.05) is 18.5 Å². The zero-order valence-electron chi connectivity index (χ0n) is 22.9. The average Bonchev–Trinajstić information content (AvgIpc) is 2.91. The minimum Gasteiger partial charge on any atom is -0.483 e. The molecule has 0 fully saturated rings. The lowest BCUT2D eigenvalue weighted by Gasteiger charge is -2.33. The average molecular weight is 588 g/mol. The summed E-state index contributed by atoms with van der Waals surface area (Å²) in [6.45, 7) is 7.94. The number of amides is 2. The highest BCUT2D eigenvalue weighted by atomic mass is 79.9. The van der Waals surface area contributed by atoms with Gasteiger partial charge in [-0.1, -0.05) is 90.5 Å². The van der Waals surface area contributed by atoms with Gasteiger partial charge in [-0.25, -0.2) is 0 Å². The normalized spacial score (nSPS) is 12.1.